The third-order valence-corrected chi connectivity index (χ3v) is 8.39. The SMILES string of the molecule is COC1=C[C@H]2C3=C(CCCCCC3)[C@@H](C1=O)C1=C2c2c(cc(OC)c(OC)c2OC)CC[C@@H]1NC(C)=O. The van der Waals surface area contributed by atoms with E-state index in [0.717, 1.165) is 48.0 Å². The molecule has 198 valence electrons. The minimum absolute atomic E-state index is 0.0127. The second-order valence-electron chi connectivity index (χ2n) is 10.3. The molecular weight excluding hydrogens is 470 g/mol. The molecule has 0 radical (unpaired) electrons. The molecule has 0 saturated carbocycles. The molecule has 6 rings (SSSR count). The molecule has 0 saturated heterocycles. The van der Waals surface area contributed by atoms with Gasteiger partial charge >= 0.3 is 0 Å². The maximum Gasteiger partial charge on any atom is 0.217 e. The summed E-state index contributed by atoms with van der Waals surface area (Å²) in [5, 5.41) is 3.20. The topological polar surface area (TPSA) is 83.1 Å². The van der Waals surface area contributed by atoms with E-state index >= 15 is 0 Å². The van der Waals surface area contributed by atoms with E-state index in [1.165, 1.54) is 24.0 Å². The Morgan fingerprint density at radius 1 is 0.892 bits per heavy atom. The van der Waals surface area contributed by atoms with E-state index in [2.05, 4.69) is 5.32 Å². The van der Waals surface area contributed by atoms with Crippen molar-refractivity contribution in [3.05, 3.63) is 45.7 Å². The Hall–Kier alpha value is -3.22. The van der Waals surface area contributed by atoms with Crippen LogP contribution in [0.15, 0.2) is 34.6 Å². The zero-order valence-electron chi connectivity index (χ0n) is 22.5. The first-order valence-corrected chi connectivity index (χ1v) is 13.3. The summed E-state index contributed by atoms with van der Waals surface area (Å²) in [6, 6.07) is 1.74. The number of nitrogens with one attached hydrogen (secondary N) is 1. The number of carbonyl (C=O) groups excluding carboxylic acids is 2. The summed E-state index contributed by atoms with van der Waals surface area (Å²) in [7, 11) is 6.45. The van der Waals surface area contributed by atoms with Gasteiger partial charge in [-0.2, -0.15) is 0 Å². The lowest BCUT2D eigenvalue weighted by atomic mass is 9.66. The predicted molar refractivity (Wildman–Crippen MR) is 141 cm³/mol. The molecule has 37 heavy (non-hydrogen) atoms. The first-order valence-electron chi connectivity index (χ1n) is 13.3. The highest BCUT2D eigenvalue weighted by atomic mass is 16.5. The molecule has 3 atom stereocenters. The molecule has 7 heteroatoms. The fourth-order valence-electron chi connectivity index (χ4n) is 6.95. The molecule has 2 bridgehead atoms. The van der Waals surface area contributed by atoms with Gasteiger partial charge in [-0.05, 0) is 67.4 Å². The maximum absolute atomic E-state index is 14.1. The highest BCUT2D eigenvalue weighted by molar-refractivity contribution is 6.05. The van der Waals surface area contributed by atoms with Crippen molar-refractivity contribution < 1.29 is 28.5 Å². The number of ketones is 1. The average molecular weight is 508 g/mol. The van der Waals surface area contributed by atoms with Gasteiger partial charge in [-0.25, -0.2) is 0 Å². The van der Waals surface area contributed by atoms with Crippen molar-refractivity contribution in [2.45, 2.75) is 64.3 Å². The van der Waals surface area contributed by atoms with Crippen LogP contribution in [-0.4, -0.2) is 46.2 Å². The van der Waals surface area contributed by atoms with Gasteiger partial charge in [0.15, 0.2) is 17.3 Å². The Bertz CT molecular complexity index is 1220. The van der Waals surface area contributed by atoms with Gasteiger partial charge in [0.2, 0.25) is 17.4 Å². The Morgan fingerprint density at radius 3 is 2.22 bits per heavy atom. The van der Waals surface area contributed by atoms with Gasteiger partial charge in [0, 0.05) is 18.4 Å². The molecule has 0 aromatic heterocycles. The first-order chi connectivity index (χ1) is 17.9. The van der Waals surface area contributed by atoms with Gasteiger partial charge in [0.25, 0.3) is 0 Å². The van der Waals surface area contributed by atoms with Crippen LogP contribution in [0.25, 0.3) is 5.57 Å². The molecule has 5 aliphatic carbocycles. The summed E-state index contributed by atoms with van der Waals surface area (Å²) in [4.78, 5) is 26.6. The molecule has 0 fully saturated rings. The monoisotopic (exact) mass is 507 g/mol. The average Bonchev–Trinajstić information content (AvgIpc) is 3.15. The highest BCUT2D eigenvalue weighted by Gasteiger charge is 2.48. The number of hydrogen-bond acceptors (Lipinski definition) is 6. The summed E-state index contributed by atoms with van der Waals surface area (Å²) in [6.45, 7) is 1.54. The van der Waals surface area contributed by atoms with Crippen LogP contribution in [0.3, 0.4) is 0 Å². The molecule has 7 nitrogen and oxygen atoms in total. The summed E-state index contributed by atoms with van der Waals surface area (Å²) in [5.74, 6) is 1.43. The van der Waals surface area contributed by atoms with Crippen molar-refractivity contribution in [3.8, 4) is 17.2 Å². The van der Waals surface area contributed by atoms with E-state index in [4.69, 9.17) is 18.9 Å². The number of ether oxygens (including phenoxy) is 4. The predicted octanol–water partition coefficient (Wildman–Crippen LogP) is 4.93. The normalized spacial score (nSPS) is 24.9. The number of benzene rings is 1. The Labute approximate surface area is 218 Å². The maximum atomic E-state index is 14.1. The van der Waals surface area contributed by atoms with E-state index in [0.29, 0.717) is 35.8 Å². The van der Waals surface area contributed by atoms with E-state index < -0.39 is 5.92 Å². The zero-order valence-corrected chi connectivity index (χ0v) is 22.5. The summed E-state index contributed by atoms with van der Waals surface area (Å²) < 4.78 is 23.2. The largest absolute Gasteiger partial charge is 0.493 e. The van der Waals surface area contributed by atoms with Crippen LogP contribution in [0.5, 0.6) is 17.2 Å². The highest BCUT2D eigenvalue weighted by Crippen LogP contribution is 2.57. The minimum atomic E-state index is -0.450. The number of amides is 1. The summed E-state index contributed by atoms with van der Waals surface area (Å²) >= 11 is 0. The number of Topliss-reactive ketones (excluding diaryl/α,β-unsaturated/α-hetero) is 1. The van der Waals surface area contributed by atoms with E-state index in [1.807, 2.05) is 12.1 Å². The molecule has 0 spiro atoms. The third kappa shape index (κ3) is 4.12. The summed E-state index contributed by atoms with van der Waals surface area (Å²) in [5.41, 5.74) is 6.61. The van der Waals surface area contributed by atoms with Crippen molar-refractivity contribution in [2.24, 2.45) is 11.8 Å². The Kier molecular flexibility index (Phi) is 7.06. The van der Waals surface area contributed by atoms with E-state index in [1.54, 1.807) is 35.4 Å². The van der Waals surface area contributed by atoms with Gasteiger partial charge in [0.1, 0.15) is 0 Å². The van der Waals surface area contributed by atoms with Crippen molar-refractivity contribution in [3.63, 3.8) is 0 Å². The van der Waals surface area contributed by atoms with Gasteiger partial charge in [-0.3, -0.25) is 9.59 Å². The second-order valence-corrected chi connectivity index (χ2v) is 10.3. The second kappa shape index (κ2) is 10.3. The third-order valence-electron chi connectivity index (χ3n) is 8.39. The van der Waals surface area contributed by atoms with Crippen molar-refractivity contribution in [2.75, 3.05) is 28.4 Å². The number of rotatable bonds is 5. The van der Waals surface area contributed by atoms with E-state index in [-0.39, 0.29) is 23.7 Å². The molecule has 1 aromatic carbocycles. The Balaban J connectivity index is 1.87. The van der Waals surface area contributed by atoms with Crippen LogP contribution in [-0.2, 0) is 20.7 Å². The van der Waals surface area contributed by atoms with Crippen LogP contribution in [0.1, 0.15) is 63.0 Å². The fraction of sp³-hybridized carbons (Fsp3) is 0.533. The number of fused-ring (bicyclic) bond motifs is 2. The molecule has 1 N–H and O–H groups in total. The smallest absolute Gasteiger partial charge is 0.217 e. The number of hydrogen-bond donors (Lipinski definition) is 1. The molecular formula is C30H37NO6. The van der Waals surface area contributed by atoms with Crippen LogP contribution >= 0.6 is 0 Å². The van der Waals surface area contributed by atoms with Crippen molar-refractivity contribution in [1.82, 2.24) is 5.32 Å². The van der Waals surface area contributed by atoms with Gasteiger partial charge < -0.3 is 24.3 Å². The first kappa shape index (κ1) is 25.4. The van der Waals surface area contributed by atoms with Crippen LogP contribution in [0.2, 0.25) is 0 Å². The lowest BCUT2D eigenvalue weighted by Crippen LogP contribution is -2.41. The molecule has 1 amide bonds. The number of allylic oxidation sites excluding steroid dienone is 5. The number of carbonyl (C=O) groups is 2. The molecule has 0 unspecified atom stereocenters. The van der Waals surface area contributed by atoms with Gasteiger partial charge in [-0.15, -0.1) is 0 Å². The fourth-order valence-corrected chi connectivity index (χ4v) is 6.95. The van der Waals surface area contributed by atoms with Crippen molar-refractivity contribution in [1.29, 1.82) is 0 Å². The number of aryl methyl sites for hydroxylation is 1. The summed E-state index contributed by atoms with van der Waals surface area (Å²) in [6.07, 6.45) is 9.74. The van der Waals surface area contributed by atoms with Crippen LogP contribution in [0.4, 0.5) is 0 Å². The van der Waals surface area contributed by atoms with Gasteiger partial charge in [-0.1, -0.05) is 24.0 Å². The number of methoxy groups -OCH3 is 4. The Morgan fingerprint density at radius 2 is 1.59 bits per heavy atom. The van der Waals surface area contributed by atoms with Crippen LogP contribution in [0, 0.1) is 11.8 Å². The van der Waals surface area contributed by atoms with Crippen molar-refractivity contribution >= 4 is 17.3 Å². The standard InChI is InChI=1S/C30H37NO6/c1-16(32)31-21-13-12-17-14-23(35-3)29(36-4)30(37-5)24(17)25-20-15-22(34-2)28(33)26(27(21)25)19-11-9-7-6-8-10-18(19)20/h14-15,20-21,26H,6-13H2,1-5H3,(H,31,32)/t20-,21-,26+/m0/s1. The minimum Gasteiger partial charge on any atom is -0.493 e. The lowest BCUT2D eigenvalue weighted by molar-refractivity contribution is -0.121. The molecule has 1 aromatic rings. The quantitative estimate of drug-likeness (QED) is 0.570. The van der Waals surface area contributed by atoms with Gasteiger partial charge in [0.05, 0.1) is 40.4 Å². The molecule has 0 heterocycles. The lowest BCUT2D eigenvalue weighted by Gasteiger charge is -2.38. The molecule has 0 aliphatic heterocycles. The van der Waals surface area contributed by atoms with Crippen LogP contribution < -0.4 is 19.5 Å². The molecule has 5 aliphatic rings. The zero-order chi connectivity index (χ0) is 26.3. The van der Waals surface area contributed by atoms with E-state index in [9.17, 15) is 9.59 Å².